The molecule has 6 heteroatoms. The lowest BCUT2D eigenvalue weighted by molar-refractivity contribution is -0.153. The van der Waals surface area contributed by atoms with Crippen LogP contribution in [0.1, 0.15) is 23.7 Å². The van der Waals surface area contributed by atoms with E-state index in [2.05, 4.69) is 20.7 Å². The maximum Gasteiger partial charge on any atom is 0.375 e. The Morgan fingerprint density at radius 2 is 2.00 bits per heavy atom. The van der Waals surface area contributed by atoms with Gasteiger partial charge in [-0.3, -0.25) is 9.59 Å². The number of halogens is 2. The van der Waals surface area contributed by atoms with Crippen LogP contribution in [0.25, 0.3) is 0 Å². The van der Waals surface area contributed by atoms with E-state index in [1.165, 1.54) is 12.1 Å². The second kappa shape index (κ2) is 6.39. The van der Waals surface area contributed by atoms with Gasteiger partial charge < -0.3 is 4.74 Å². The van der Waals surface area contributed by atoms with E-state index in [0.717, 1.165) is 6.07 Å². The first kappa shape index (κ1) is 14.5. The molecule has 0 aliphatic rings. The van der Waals surface area contributed by atoms with Crippen molar-refractivity contribution in [3.63, 3.8) is 0 Å². The molecule has 1 aromatic rings. The monoisotopic (exact) mass is 316 g/mol. The third-order valence-electron chi connectivity index (χ3n) is 2.05. The Bertz CT molecular complexity index is 499. The molecule has 1 aromatic carbocycles. The van der Waals surface area contributed by atoms with Crippen molar-refractivity contribution in [1.82, 2.24) is 0 Å². The van der Waals surface area contributed by atoms with Crippen LogP contribution in [0, 0.1) is 5.82 Å². The lowest BCUT2D eigenvalue weighted by Gasteiger charge is -2.03. The highest BCUT2D eigenvalue weighted by atomic mass is 79.9. The summed E-state index contributed by atoms with van der Waals surface area (Å²) in [5.74, 6) is -3.24. The molecule has 0 aliphatic heterocycles. The first-order chi connectivity index (χ1) is 8.45. The number of hydrogen-bond donors (Lipinski definition) is 0. The number of benzene rings is 1. The van der Waals surface area contributed by atoms with E-state index in [0.29, 0.717) is 4.47 Å². The van der Waals surface area contributed by atoms with Gasteiger partial charge in [0, 0.05) is 10.0 Å². The minimum absolute atomic E-state index is 0.0210. The van der Waals surface area contributed by atoms with Crippen LogP contribution in [0.5, 0.6) is 0 Å². The van der Waals surface area contributed by atoms with Gasteiger partial charge in [0.05, 0.1) is 13.0 Å². The molecular weight excluding hydrogens is 307 g/mol. The molecule has 0 saturated heterocycles. The molecule has 96 valence electrons. The zero-order valence-electron chi connectivity index (χ0n) is 9.54. The molecule has 0 fully saturated rings. The van der Waals surface area contributed by atoms with Gasteiger partial charge in [0.2, 0.25) is 5.78 Å². The van der Waals surface area contributed by atoms with Crippen molar-refractivity contribution in [3.05, 3.63) is 34.1 Å². The van der Waals surface area contributed by atoms with Gasteiger partial charge in [-0.05, 0) is 25.1 Å². The average Bonchev–Trinajstić information content (AvgIpc) is 2.32. The van der Waals surface area contributed by atoms with Crippen LogP contribution in [0.2, 0.25) is 0 Å². The number of ketones is 2. The summed E-state index contributed by atoms with van der Waals surface area (Å²) in [7, 11) is 0. The molecule has 0 aliphatic carbocycles. The minimum Gasteiger partial charge on any atom is -0.460 e. The predicted molar refractivity (Wildman–Crippen MR) is 64.7 cm³/mol. The minimum atomic E-state index is -1.06. The molecule has 1 rings (SSSR count). The van der Waals surface area contributed by atoms with Crippen molar-refractivity contribution in [1.29, 1.82) is 0 Å². The molecule has 0 unspecified atom stereocenters. The van der Waals surface area contributed by atoms with Crippen LogP contribution < -0.4 is 0 Å². The summed E-state index contributed by atoms with van der Waals surface area (Å²) in [6.07, 6.45) is -0.638. The second-order valence-electron chi connectivity index (χ2n) is 3.37. The average molecular weight is 317 g/mol. The molecule has 18 heavy (non-hydrogen) atoms. The van der Waals surface area contributed by atoms with E-state index in [1.807, 2.05) is 0 Å². The molecule has 0 radical (unpaired) electrons. The highest BCUT2D eigenvalue weighted by Gasteiger charge is 2.21. The van der Waals surface area contributed by atoms with Gasteiger partial charge in [-0.2, -0.15) is 0 Å². The Morgan fingerprint density at radius 3 is 2.61 bits per heavy atom. The third kappa shape index (κ3) is 3.73. The molecule has 0 bridgehead atoms. The first-order valence-corrected chi connectivity index (χ1v) is 5.93. The fourth-order valence-electron chi connectivity index (χ4n) is 1.24. The zero-order valence-corrected chi connectivity index (χ0v) is 11.1. The predicted octanol–water partition coefficient (Wildman–Crippen LogP) is 2.29. The van der Waals surface area contributed by atoms with Gasteiger partial charge in [-0.1, -0.05) is 15.9 Å². The summed E-state index contributed by atoms with van der Waals surface area (Å²) < 4.78 is 17.8. The number of Topliss-reactive ketones (excluding diaryl/α,β-unsaturated/α-hetero) is 2. The second-order valence-corrected chi connectivity index (χ2v) is 4.22. The molecule has 0 N–H and O–H groups in total. The Hall–Kier alpha value is -1.56. The van der Waals surface area contributed by atoms with E-state index in [4.69, 9.17) is 0 Å². The van der Waals surface area contributed by atoms with E-state index in [1.54, 1.807) is 6.92 Å². The SMILES string of the molecule is CCOC(=O)C(=O)CC(=O)c1cc(F)ccc1Br. The number of ether oxygens (including phenoxy) is 1. The number of hydrogen-bond acceptors (Lipinski definition) is 4. The van der Waals surface area contributed by atoms with E-state index >= 15 is 0 Å². The standard InChI is InChI=1S/C12H10BrFO4/c1-2-18-12(17)11(16)6-10(15)8-5-7(14)3-4-9(8)13/h3-5H,2,6H2,1H3. The molecule has 0 amide bonds. The quantitative estimate of drug-likeness (QED) is 0.362. The van der Waals surface area contributed by atoms with Gasteiger partial charge in [0.15, 0.2) is 5.78 Å². The summed E-state index contributed by atoms with van der Waals surface area (Å²) >= 11 is 3.07. The maximum atomic E-state index is 13.0. The summed E-state index contributed by atoms with van der Waals surface area (Å²) in [6, 6.07) is 3.54. The van der Waals surface area contributed by atoms with Crippen molar-refractivity contribution in [2.75, 3.05) is 6.61 Å². The van der Waals surface area contributed by atoms with Crippen LogP contribution in [0.15, 0.2) is 22.7 Å². The van der Waals surface area contributed by atoms with E-state index in [-0.39, 0.29) is 12.2 Å². The van der Waals surface area contributed by atoms with Gasteiger partial charge in [-0.15, -0.1) is 0 Å². The number of carbonyl (C=O) groups is 3. The Labute approximate surface area is 111 Å². The van der Waals surface area contributed by atoms with Crippen molar-refractivity contribution in [2.24, 2.45) is 0 Å². The topological polar surface area (TPSA) is 60.4 Å². The fourth-order valence-corrected chi connectivity index (χ4v) is 1.70. The molecule has 0 spiro atoms. The largest absolute Gasteiger partial charge is 0.460 e. The summed E-state index contributed by atoms with van der Waals surface area (Å²) in [5, 5.41) is 0. The Kier molecular flexibility index (Phi) is 5.15. The lowest BCUT2D eigenvalue weighted by Crippen LogP contribution is -2.20. The molecule has 0 atom stereocenters. The van der Waals surface area contributed by atoms with Gasteiger partial charge in [-0.25, -0.2) is 9.18 Å². The van der Waals surface area contributed by atoms with Crippen LogP contribution in [-0.2, 0) is 14.3 Å². The number of esters is 1. The summed E-state index contributed by atoms with van der Waals surface area (Å²) in [6.45, 7) is 1.61. The highest BCUT2D eigenvalue weighted by molar-refractivity contribution is 9.10. The number of rotatable bonds is 5. The van der Waals surface area contributed by atoms with E-state index in [9.17, 15) is 18.8 Å². The Balaban J connectivity index is 2.80. The van der Waals surface area contributed by atoms with E-state index < -0.39 is 29.8 Å². The van der Waals surface area contributed by atoms with Crippen molar-refractivity contribution in [2.45, 2.75) is 13.3 Å². The molecule has 0 aromatic heterocycles. The Morgan fingerprint density at radius 1 is 1.33 bits per heavy atom. The molecule has 0 saturated carbocycles. The lowest BCUT2D eigenvalue weighted by atomic mass is 10.1. The first-order valence-electron chi connectivity index (χ1n) is 5.14. The normalized spacial score (nSPS) is 9.94. The van der Waals surface area contributed by atoms with Crippen molar-refractivity contribution in [3.8, 4) is 0 Å². The third-order valence-corrected chi connectivity index (χ3v) is 2.74. The van der Waals surface area contributed by atoms with Crippen LogP contribution >= 0.6 is 15.9 Å². The maximum absolute atomic E-state index is 13.0. The molecule has 4 nitrogen and oxygen atoms in total. The van der Waals surface area contributed by atoms with Crippen molar-refractivity contribution < 1.29 is 23.5 Å². The molecular formula is C12H10BrFO4. The molecule has 0 heterocycles. The van der Waals surface area contributed by atoms with Gasteiger partial charge >= 0.3 is 5.97 Å². The van der Waals surface area contributed by atoms with Gasteiger partial charge in [0.1, 0.15) is 5.82 Å². The van der Waals surface area contributed by atoms with Gasteiger partial charge in [0.25, 0.3) is 0 Å². The number of carbonyl (C=O) groups excluding carboxylic acids is 3. The highest BCUT2D eigenvalue weighted by Crippen LogP contribution is 2.19. The summed E-state index contributed by atoms with van der Waals surface area (Å²) in [5.41, 5.74) is 0.0210. The van der Waals surface area contributed by atoms with Crippen LogP contribution in [0.4, 0.5) is 4.39 Å². The fraction of sp³-hybridized carbons (Fsp3) is 0.250. The zero-order chi connectivity index (χ0) is 13.7. The summed E-state index contributed by atoms with van der Waals surface area (Å²) in [4.78, 5) is 34.1. The van der Waals surface area contributed by atoms with Crippen LogP contribution in [-0.4, -0.2) is 24.1 Å². The smallest absolute Gasteiger partial charge is 0.375 e. The van der Waals surface area contributed by atoms with Crippen molar-refractivity contribution >= 4 is 33.5 Å². The van der Waals surface area contributed by atoms with Crippen LogP contribution in [0.3, 0.4) is 0 Å².